The molecular formula is C18H24N4O2. The van der Waals surface area contributed by atoms with Gasteiger partial charge in [0.25, 0.3) is 5.91 Å². The lowest BCUT2D eigenvalue weighted by atomic mass is 10.0. The Morgan fingerprint density at radius 1 is 1.38 bits per heavy atom. The Kier molecular flexibility index (Phi) is 4.85. The smallest absolute Gasteiger partial charge is 0.257 e. The minimum absolute atomic E-state index is 0.0153. The van der Waals surface area contributed by atoms with E-state index in [1.54, 1.807) is 7.11 Å². The lowest BCUT2D eigenvalue weighted by Crippen LogP contribution is -2.48. The van der Waals surface area contributed by atoms with Crippen molar-refractivity contribution in [3.63, 3.8) is 0 Å². The predicted octanol–water partition coefficient (Wildman–Crippen LogP) is 2.01. The summed E-state index contributed by atoms with van der Waals surface area (Å²) < 4.78 is 7.04. The minimum atomic E-state index is 0.0153. The van der Waals surface area contributed by atoms with Crippen LogP contribution in [0, 0.1) is 6.92 Å². The van der Waals surface area contributed by atoms with Gasteiger partial charge in [0.15, 0.2) is 0 Å². The van der Waals surface area contributed by atoms with Gasteiger partial charge in [-0.3, -0.25) is 9.48 Å². The zero-order chi connectivity index (χ0) is 17.1. The van der Waals surface area contributed by atoms with Crippen LogP contribution in [0.1, 0.15) is 34.6 Å². The number of aryl methyl sites for hydroxylation is 2. The highest BCUT2D eigenvalue weighted by molar-refractivity contribution is 5.95. The van der Waals surface area contributed by atoms with Crippen molar-refractivity contribution in [2.24, 2.45) is 0 Å². The van der Waals surface area contributed by atoms with Gasteiger partial charge in [0.1, 0.15) is 5.75 Å². The Morgan fingerprint density at radius 3 is 2.75 bits per heavy atom. The first-order valence-corrected chi connectivity index (χ1v) is 8.33. The van der Waals surface area contributed by atoms with E-state index in [-0.39, 0.29) is 11.9 Å². The molecular weight excluding hydrogens is 304 g/mol. The Bertz CT molecular complexity index is 708. The van der Waals surface area contributed by atoms with Crippen LogP contribution in [0.5, 0.6) is 5.75 Å². The van der Waals surface area contributed by atoms with Gasteiger partial charge in [-0.1, -0.05) is 12.1 Å². The van der Waals surface area contributed by atoms with Crippen LogP contribution in [0.4, 0.5) is 0 Å². The van der Waals surface area contributed by atoms with E-state index in [4.69, 9.17) is 4.74 Å². The molecule has 2 heterocycles. The maximum Gasteiger partial charge on any atom is 0.257 e. The Balaban J connectivity index is 1.88. The van der Waals surface area contributed by atoms with Gasteiger partial charge in [-0.05, 0) is 31.5 Å². The second-order valence-corrected chi connectivity index (χ2v) is 5.98. The number of piperazine rings is 1. The fraction of sp³-hybridized carbons (Fsp3) is 0.444. The third kappa shape index (κ3) is 3.14. The summed E-state index contributed by atoms with van der Waals surface area (Å²) in [5.41, 5.74) is 2.59. The van der Waals surface area contributed by atoms with Crippen molar-refractivity contribution in [2.45, 2.75) is 26.4 Å². The molecule has 0 unspecified atom stereocenters. The fourth-order valence-electron chi connectivity index (χ4n) is 3.12. The number of hydrogen-bond donors (Lipinski definition) is 1. The average molecular weight is 328 g/mol. The Labute approximate surface area is 142 Å². The molecule has 1 atom stereocenters. The maximum absolute atomic E-state index is 13.1. The standard InChI is InChI=1S/C18H24N4O2/c1-4-21-12-16(13(2)20-21)18(23)22-10-9-19-11-17(22)14-5-7-15(24-3)8-6-14/h5-8,12,17,19H,4,9-11H2,1-3H3/t17-/m1/s1. The van der Waals surface area contributed by atoms with Gasteiger partial charge in [0.05, 0.1) is 24.4 Å². The molecule has 1 saturated heterocycles. The number of ether oxygens (including phenoxy) is 1. The molecule has 128 valence electrons. The molecule has 0 saturated carbocycles. The maximum atomic E-state index is 13.1. The highest BCUT2D eigenvalue weighted by Gasteiger charge is 2.30. The summed E-state index contributed by atoms with van der Waals surface area (Å²) in [6, 6.07) is 7.94. The number of nitrogens with zero attached hydrogens (tertiary/aromatic N) is 3. The molecule has 1 fully saturated rings. The lowest BCUT2D eigenvalue weighted by Gasteiger charge is -2.36. The SMILES string of the molecule is CCn1cc(C(=O)N2CCNC[C@@H]2c2ccc(OC)cc2)c(C)n1. The Morgan fingerprint density at radius 2 is 2.12 bits per heavy atom. The van der Waals surface area contributed by atoms with Crippen molar-refractivity contribution < 1.29 is 9.53 Å². The first-order valence-electron chi connectivity index (χ1n) is 8.33. The summed E-state index contributed by atoms with van der Waals surface area (Å²) in [6.07, 6.45) is 1.85. The summed E-state index contributed by atoms with van der Waals surface area (Å²) in [6.45, 7) is 6.91. The largest absolute Gasteiger partial charge is 0.497 e. The molecule has 1 aromatic carbocycles. The highest BCUT2D eigenvalue weighted by atomic mass is 16.5. The number of methoxy groups -OCH3 is 1. The van der Waals surface area contributed by atoms with Crippen molar-refractivity contribution in [1.29, 1.82) is 0 Å². The third-order valence-corrected chi connectivity index (χ3v) is 4.51. The van der Waals surface area contributed by atoms with E-state index in [1.165, 1.54) is 0 Å². The number of carbonyl (C=O) groups excluding carboxylic acids is 1. The zero-order valence-electron chi connectivity index (χ0n) is 14.5. The molecule has 6 nitrogen and oxygen atoms in total. The normalized spacial score (nSPS) is 17.8. The van der Waals surface area contributed by atoms with Gasteiger partial charge >= 0.3 is 0 Å². The van der Waals surface area contributed by atoms with Crippen molar-refractivity contribution in [2.75, 3.05) is 26.7 Å². The van der Waals surface area contributed by atoms with Crippen LogP contribution in [0.3, 0.4) is 0 Å². The van der Waals surface area contributed by atoms with Gasteiger partial charge in [-0.25, -0.2) is 0 Å². The van der Waals surface area contributed by atoms with Crippen molar-refractivity contribution in [3.05, 3.63) is 47.3 Å². The number of carbonyl (C=O) groups is 1. The van der Waals surface area contributed by atoms with Gasteiger partial charge in [0, 0.05) is 32.4 Å². The van der Waals surface area contributed by atoms with Crippen LogP contribution in [0.2, 0.25) is 0 Å². The summed E-state index contributed by atoms with van der Waals surface area (Å²) in [4.78, 5) is 15.0. The summed E-state index contributed by atoms with van der Waals surface area (Å²) in [5.74, 6) is 0.870. The molecule has 24 heavy (non-hydrogen) atoms. The highest BCUT2D eigenvalue weighted by Crippen LogP contribution is 2.26. The number of amides is 1. The molecule has 0 radical (unpaired) electrons. The van der Waals surface area contributed by atoms with E-state index >= 15 is 0 Å². The molecule has 6 heteroatoms. The topological polar surface area (TPSA) is 59.4 Å². The molecule has 0 aliphatic carbocycles. The van der Waals surface area contributed by atoms with E-state index in [1.807, 2.05) is 53.9 Å². The number of nitrogens with one attached hydrogen (secondary N) is 1. The molecule has 0 spiro atoms. The molecule has 1 amide bonds. The quantitative estimate of drug-likeness (QED) is 0.933. The molecule has 1 N–H and O–H groups in total. The van der Waals surface area contributed by atoms with Crippen molar-refractivity contribution >= 4 is 5.91 Å². The molecule has 1 aromatic heterocycles. The van der Waals surface area contributed by atoms with Gasteiger partial charge in [0.2, 0.25) is 0 Å². The molecule has 1 aliphatic rings. The van der Waals surface area contributed by atoms with Crippen molar-refractivity contribution in [1.82, 2.24) is 20.0 Å². The van der Waals surface area contributed by atoms with Gasteiger partial charge in [-0.15, -0.1) is 0 Å². The summed E-state index contributed by atoms with van der Waals surface area (Å²) in [5, 5.41) is 7.79. The molecule has 3 rings (SSSR count). The van der Waals surface area contributed by atoms with Crippen LogP contribution in [-0.2, 0) is 6.54 Å². The van der Waals surface area contributed by atoms with E-state index in [2.05, 4.69) is 10.4 Å². The molecule has 1 aliphatic heterocycles. The average Bonchev–Trinajstić information content (AvgIpc) is 3.02. The summed E-state index contributed by atoms with van der Waals surface area (Å²) in [7, 11) is 1.65. The van der Waals surface area contributed by atoms with Crippen LogP contribution < -0.4 is 10.1 Å². The minimum Gasteiger partial charge on any atom is -0.497 e. The van der Waals surface area contributed by atoms with Crippen LogP contribution in [-0.4, -0.2) is 47.3 Å². The molecule has 2 aromatic rings. The van der Waals surface area contributed by atoms with Crippen LogP contribution in [0.25, 0.3) is 0 Å². The zero-order valence-corrected chi connectivity index (χ0v) is 14.5. The van der Waals surface area contributed by atoms with E-state index < -0.39 is 0 Å². The monoisotopic (exact) mass is 328 g/mol. The molecule has 0 bridgehead atoms. The summed E-state index contributed by atoms with van der Waals surface area (Å²) >= 11 is 0. The number of rotatable bonds is 4. The van der Waals surface area contributed by atoms with E-state index in [0.717, 1.165) is 36.6 Å². The van der Waals surface area contributed by atoms with Crippen molar-refractivity contribution in [3.8, 4) is 5.75 Å². The van der Waals surface area contributed by atoms with E-state index in [9.17, 15) is 4.79 Å². The predicted molar refractivity (Wildman–Crippen MR) is 92.3 cm³/mol. The third-order valence-electron chi connectivity index (χ3n) is 4.51. The van der Waals surface area contributed by atoms with Gasteiger partial charge < -0.3 is 15.0 Å². The van der Waals surface area contributed by atoms with E-state index in [0.29, 0.717) is 12.1 Å². The Hall–Kier alpha value is -2.34. The van der Waals surface area contributed by atoms with Crippen LogP contribution >= 0.6 is 0 Å². The van der Waals surface area contributed by atoms with Crippen LogP contribution in [0.15, 0.2) is 30.5 Å². The number of benzene rings is 1. The number of hydrogen-bond acceptors (Lipinski definition) is 4. The second-order valence-electron chi connectivity index (χ2n) is 5.98. The fourth-order valence-corrected chi connectivity index (χ4v) is 3.12. The number of aromatic nitrogens is 2. The first-order chi connectivity index (χ1) is 11.6. The lowest BCUT2D eigenvalue weighted by molar-refractivity contribution is 0.0633. The first kappa shape index (κ1) is 16.5. The van der Waals surface area contributed by atoms with Gasteiger partial charge in [-0.2, -0.15) is 5.10 Å². The second kappa shape index (κ2) is 7.05.